The van der Waals surface area contributed by atoms with E-state index in [1.807, 2.05) is 13.8 Å². The molecule has 0 aromatic rings. The first kappa shape index (κ1) is 13.9. The minimum absolute atomic E-state index is 0.0688. The van der Waals surface area contributed by atoms with Crippen LogP contribution in [0.2, 0.25) is 0 Å². The fourth-order valence-corrected chi connectivity index (χ4v) is 2.62. The lowest BCUT2D eigenvalue weighted by Gasteiger charge is -2.19. The number of sulfonamides is 1. The number of rotatable bonds is 7. The number of hydrogen-bond donors (Lipinski definition) is 2. The van der Waals surface area contributed by atoms with E-state index in [1.165, 1.54) is 0 Å². The summed E-state index contributed by atoms with van der Waals surface area (Å²) in [6.45, 7) is 6.16. The van der Waals surface area contributed by atoms with Gasteiger partial charge in [-0.1, -0.05) is 13.8 Å². The van der Waals surface area contributed by atoms with Gasteiger partial charge in [-0.15, -0.1) is 0 Å². The first-order valence-electron chi connectivity index (χ1n) is 5.13. The van der Waals surface area contributed by atoms with Gasteiger partial charge in [0.05, 0.1) is 5.25 Å². The lowest BCUT2D eigenvalue weighted by Crippen LogP contribution is -2.42. The molecule has 0 saturated carbocycles. The van der Waals surface area contributed by atoms with Crippen molar-refractivity contribution in [2.45, 2.75) is 44.9 Å². The SMILES string of the molecule is CCC(CC)NS(=O)(=O)C(C)CNC. The second kappa shape index (κ2) is 6.37. The van der Waals surface area contributed by atoms with Gasteiger partial charge in [-0.05, 0) is 26.8 Å². The molecule has 0 aliphatic carbocycles. The third kappa shape index (κ3) is 4.39. The largest absolute Gasteiger partial charge is 0.318 e. The molecule has 4 nitrogen and oxygen atoms in total. The van der Waals surface area contributed by atoms with Crippen LogP contribution in [0, 0.1) is 0 Å². The summed E-state index contributed by atoms with van der Waals surface area (Å²) in [5.74, 6) is 0. The highest BCUT2D eigenvalue weighted by molar-refractivity contribution is 7.90. The second-order valence-corrected chi connectivity index (χ2v) is 5.68. The van der Waals surface area contributed by atoms with Crippen LogP contribution in [0.3, 0.4) is 0 Å². The van der Waals surface area contributed by atoms with Crippen LogP contribution in [0.15, 0.2) is 0 Å². The van der Waals surface area contributed by atoms with E-state index in [0.717, 1.165) is 12.8 Å². The quantitative estimate of drug-likeness (QED) is 0.667. The van der Waals surface area contributed by atoms with Gasteiger partial charge < -0.3 is 5.32 Å². The summed E-state index contributed by atoms with van der Waals surface area (Å²) >= 11 is 0. The number of hydrogen-bond acceptors (Lipinski definition) is 3. The fraction of sp³-hybridized carbons (Fsp3) is 1.00. The standard InChI is InChI=1S/C9H22N2O2S/c1-5-9(6-2)11-14(12,13)8(3)7-10-4/h8-11H,5-7H2,1-4H3. The Bertz CT molecular complexity index is 235. The van der Waals surface area contributed by atoms with Gasteiger partial charge in [0.15, 0.2) is 0 Å². The predicted molar refractivity (Wildman–Crippen MR) is 59.8 cm³/mol. The van der Waals surface area contributed by atoms with E-state index in [2.05, 4.69) is 10.0 Å². The Morgan fingerprint density at radius 3 is 2.07 bits per heavy atom. The molecule has 0 aliphatic rings. The minimum Gasteiger partial charge on any atom is -0.318 e. The van der Waals surface area contributed by atoms with E-state index in [4.69, 9.17) is 0 Å². The Kier molecular flexibility index (Phi) is 6.31. The normalized spacial score (nSPS) is 14.6. The number of nitrogens with one attached hydrogen (secondary N) is 2. The summed E-state index contributed by atoms with van der Waals surface area (Å²) in [7, 11) is -1.41. The molecule has 2 N–H and O–H groups in total. The van der Waals surface area contributed by atoms with Crippen LogP contribution in [-0.2, 0) is 10.0 Å². The summed E-state index contributed by atoms with van der Waals surface area (Å²) in [5, 5.41) is 2.48. The van der Waals surface area contributed by atoms with Gasteiger partial charge in [-0.3, -0.25) is 0 Å². The molecule has 0 saturated heterocycles. The maximum Gasteiger partial charge on any atom is 0.215 e. The Labute approximate surface area is 87.5 Å². The van der Waals surface area contributed by atoms with E-state index in [-0.39, 0.29) is 11.3 Å². The molecule has 0 aliphatic heterocycles. The van der Waals surface area contributed by atoms with Crippen molar-refractivity contribution in [3.8, 4) is 0 Å². The summed E-state index contributed by atoms with van der Waals surface area (Å²) in [4.78, 5) is 0. The maximum absolute atomic E-state index is 11.7. The minimum atomic E-state index is -3.16. The highest BCUT2D eigenvalue weighted by Crippen LogP contribution is 2.03. The van der Waals surface area contributed by atoms with Gasteiger partial charge >= 0.3 is 0 Å². The molecule has 0 spiro atoms. The molecule has 0 heterocycles. The smallest absolute Gasteiger partial charge is 0.215 e. The lowest BCUT2D eigenvalue weighted by atomic mass is 10.2. The van der Waals surface area contributed by atoms with E-state index >= 15 is 0 Å². The molecule has 1 atom stereocenters. The molecule has 0 bridgehead atoms. The first-order valence-corrected chi connectivity index (χ1v) is 6.68. The van der Waals surface area contributed by atoms with Crippen molar-refractivity contribution < 1.29 is 8.42 Å². The van der Waals surface area contributed by atoms with Crippen LogP contribution >= 0.6 is 0 Å². The van der Waals surface area contributed by atoms with Crippen LogP contribution in [0.25, 0.3) is 0 Å². The zero-order valence-corrected chi connectivity index (χ0v) is 10.3. The van der Waals surface area contributed by atoms with Gasteiger partial charge in [0.2, 0.25) is 10.0 Å². The summed E-state index contributed by atoms with van der Waals surface area (Å²) in [6, 6.07) is 0.0688. The van der Waals surface area contributed by atoms with E-state index < -0.39 is 10.0 Å². The molecular formula is C9H22N2O2S. The molecule has 0 rings (SSSR count). The third-order valence-electron chi connectivity index (χ3n) is 2.34. The molecule has 1 unspecified atom stereocenters. The van der Waals surface area contributed by atoms with E-state index in [0.29, 0.717) is 6.54 Å². The van der Waals surface area contributed by atoms with Crippen molar-refractivity contribution in [3.63, 3.8) is 0 Å². The van der Waals surface area contributed by atoms with Gasteiger partial charge in [0, 0.05) is 12.6 Å². The highest BCUT2D eigenvalue weighted by Gasteiger charge is 2.22. The Balaban J connectivity index is 4.32. The Hall–Kier alpha value is -0.130. The monoisotopic (exact) mass is 222 g/mol. The van der Waals surface area contributed by atoms with Crippen molar-refractivity contribution in [1.82, 2.24) is 10.0 Å². The Morgan fingerprint density at radius 2 is 1.71 bits per heavy atom. The predicted octanol–water partition coefficient (Wildman–Crippen LogP) is 0.702. The van der Waals surface area contributed by atoms with Crippen molar-refractivity contribution in [2.75, 3.05) is 13.6 Å². The molecule has 5 heteroatoms. The lowest BCUT2D eigenvalue weighted by molar-refractivity contribution is 0.519. The zero-order valence-electron chi connectivity index (χ0n) is 9.50. The second-order valence-electron chi connectivity index (χ2n) is 3.54. The summed E-state index contributed by atoms with van der Waals surface area (Å²) in [5.41, 5.74) is 0. The van der Waals surface area contributed by atoms with Gasteiger partial charge in [-0.2, -0.15) is 0 Å². The summed E-state index contributed by atoms with van der Waals surface area (Å²) in [6.07, 6.45) is 1.67. The van der Waals surface area contributed by atoms with Crippen molar-refractivity contribution in [1.29, 1.82) is 0 Å². The molecule has 14 heavy (non-hydrogen) atoms. The molecule has 0 aromatic heterocycles. The zero-order chi connectivity index (χ0) is 11.2. The van der Waals surface area contributed by atoms with Crippen molar-refractivity contribution in [3.05, 3.63) is 0 Å². The molecule has 0 aromatic carbocycles. The maximum atomic E-state index is 11.7. The third-order valence-corrected chi connectivity index (χ3v) is 4.23. The molecule has 0 radical (unpaired) electrons. The fourth-order valence-electron chi connectivity index (χ4n) is 1.20. The van der Waals surface area contributed by atoms with E-state index in [1.54, 1.807) is 14.0 Å². The molecule has 0 fully saturated rings. The highest BCUT2D eigenvalue weighted by atomic mass is 32.2. The van der Waals surface area contributed by atoms with Crippen LogP contribution in [0.1, 0.15) is 33.6 Å². The van der Waals surface area contributed by atoms with Crippen molar-refractivity contribution in [2.24, 2.45) is 0 Å². The topological polar surface area (TPSA) is 58.2 Å². The average Bonchev–Trinajstić information content (AvgIpc) is 2.14. The molecule has 0 amide bonds. The van der Waals surface area contributed by atoms with Gasteiger partial charge in [0.1, 0.15) is 0 Å². The van der Waals surface area contributed by atoms with Crippen LogP contribution in [0.4, 0.5) is 0 Å². The average molecular weight is 222 g/mol. The molecular weight excluding hydrogens is 200 g/mol. The van der Waals surface area contributed by atoms with Crippen LogP contribution in [-0.4, -0.2) is 33.3 Å². The van der Waals surface area contributed by atoms with E-state index in [9.17, 15) is 8.42 Å². The van der Waals surface area contributed by atoms with Gasteiger partial charge in [-0.25, -0.2) is 13.1 Å². The van der Waals surface area contributed by atoms with Crippen molar-refractivity contribution >= 4 is 10.0 Å². The van der Waals surface area contributed by atoms with Crippen LogP contribution < -0.4 is 10.0 Å². The molecule has 86 valence electrons. The van der Waals surface area contributed by atoms with Crippen LogP contribution in [0.5, 0.6) is 0 Å². The summed E-state index contributed by atoms with van der Waals surface area (Å²) < 4.78 is 26.1. The van der Waals surface area contributed by atoms with Gasteiger partial charge in [0.25, 0.3) is 0 Å². The first-order chi connectivity index (χ1) is 6.47. The Morgan fingerprint density at radius 1 is 1.21 bits per heavy atom.